The minimum Gasteiger partial charge on any atom is -0.507 e. The molecule has 0 aliphatic heterocycles. The second-order valence-corrected chi connectivity index (χ2v) is 10.6. The Kier molecular flexibility index (Phi) is 4.97. The lowest BCUT2D eigenvalue weighted by Gasteiger charge is -2.10. The number of aromatic nitrogens is 2. The minimum absolute atomic E-state index is 0.149. The Labute approximate surface area is 221 Å². The number of aromatic amines is 1. The lowest BCUT2D eigenvalue weighted by molar-refractivity contribution is 0.416. The maximum Gasteiger partial charge on any atom is 0.295 e. The van der Waals surface area contributed by atoms with Gasteiger partial charge in [0.1, 0.15) is 38.9 Å². The van der Waals surface area contributed by atoms with Crippen LogP contribution in [-0.2, 0) is 10.1 Å². The topological polar surface area (TPSA) is 126 Å². The zero-order valence-electron chi connectivity index (χ0n) is 20.5. The third-order valence-corrected chi connectivity index (χ3v) is 7.89. The lowest BCUT2D eigenvalue weighted by Crippen LogP contribution is -1.99. The molecule has 2 heterocycles. The molecule has 7 aromatic rings. The van der Waals surface area contributed by atoms with E-state index in [0.717, 1.165) is 33.1 Å². The molecule has 0 fully saturated rings. The van der Waals surface area contributed by atoms with E-state index in [0.29, 0.717) is 28.2 Å². The molecular formula is C30H20N2O6S. The molecule has 0 spiro atoms. The first-order valence-corrected chi connectivity index (χ1v) is 13.5. The Morgan fingerprint density at radius 2 is 1.62 bits per heavy atom. The van der Waals surface area contributed by atoms with Crippen molar-refractivity contribution in [1.82, 2.24) is 9.97 Å². The Balaban J connectivity index is 1.43. The van der Waals surface area contributed by atoms with E-state index in [2.05, 4.69) is 4.98 Å². The van der Waals surface area contributed by atoms with Crippen LogP contribution in [0, 0.1) is 0 Å². The second kappa shape index (κ2) is 8.32. The number of hydrogen-bond donors (Lipinski definition) is 3. The number of fused-ring (bicyclic) bond motifs is 6. The number of furan rings is 1. The van der Waals surface area contributed by atoms with Crippen LogP contribution in [0.25, 0.3) is 66.3 Å². The number of rotatable bonds is 4. The quantitative estimate of drug-likeness (QED) is 0.209. The van der Waals surface area contributed by atoms with Gasteiger partial charge in [-0.25, -0.2) is 4.98 Å². The van der Waals surface area contributed by atoms with E-state index in [-0.39, 0.29) is 21.4 Å². The molecule has 8 nitrogen and oxygen atoms in total. The molecule has 0 amide bonds. The molecule has 0 aliphatic rings. The number of methoxy groups -OCH3 is 1. The normalized spacial score (nSPS) is 12.2. The Morgan fingerprint density at radius 3 is 2.44 bits per heavy atom. The second-order valence-electron chi connectivity index (χ2n) is 9.22. The number of ether oxygens (including phenoxy) is 1. The van der Waals surface area contributed by atoms with Crippen LogP contribution >= 0.6 is 0 Å². The molecule has 0 unspecified atom stereocenters. The van der Waals surface area contributed by atoms with E-state index >= 15 is 0 Å². The first kappa shape index (κ1) is 23.3. The van der Waals surface area contributed by atoms with E-state index in [1.807, 2.05) is 60.7 Å². The van der Waals surface area contributed by atoms with Crippen LogP contribution < -0.4 is 4.74 Å². The monoisotopic (exact) mass is 536 g/mol. The maximum absolute atomic E-state index is 12.1. The van der Waals surface area contributed by atoms with Gasteiger partial charge in [0.25, 0.3) is 10.1 Å². The number of para-hydroxylation sites is 1. The molecule has 39 heavy (non-hydrogen) atoms. The smallest absolute Gasteiger partial charge is 0.295 e. The van der Waals surface area contributed by atoms with Gasteiger partial charge >= 0.3 is 0 Å². The summed E-state index contributed by atoms with van der Waals surface area (Å²) in [6, 6.07) is 25.4. The highest BCUT2D eigenvalue weighted by molar-refractivity contribution is 7.86. The molecule has 0 saturated carbocycles. The van der Waals surface area contributed by atoms with Gasteiger partial charge in [0, 0.05) is 16.2 Å². The van der Waals surface area contributed by atoms with Gasteiger partial charge in [-0.3, -0.25) is 4.55 Å². The van der Waals surface area contributed by atoms with Gasteiger partial charge in [0.05, 0.1) is 23.6 Å². The van der Waals surface area contributed by atoms with E-state index in [4.69, 9.17) is 14.1 Å². The standard InChI is InChI=1S/C30H20N2O6S/c1-37-25-14-16(17-7-5-11-24-27(17)18-6-2-3-10-23(18)38-24)12-13-19(25)30-31-21-15-26(39(34,35)36)20-8-4-9-22(33)28(20)29(21)32-30/h2-15,33H,1H3,(H,31,32)(H,34,35,36). The van der Waals surface area contributed by atoms with Crippen LogP contribution in [0.3, 0.4) is 0 Å². The summed E-state index contributed by atoms with van der Waals surface area (Å²) in [5.41, 5.74) is 4.85. The highest BCUT2D eigenvalue weighted by atomic mass is 32.2. The summed E-state index contributed by atoms with van der Waals surface area (Å²) in [7, 11) is -3.00. The Hall–Kier alpha value is -4.86. The van der Waals surface area contributed by atoms with Crippen molar-refractivity contribution in [2.45, 2.75) is 4.90 Å². The Morgan fingerprint density at radius 1 is 0.846 bits per heavy atom. The zero-order chi connectivity index (χ0) is 26.9. The fourth-order valence-electron chi connectivity index (χ4n) is 5.30. The fraction of sp³-hybridized carbons (Fsp3) is 0.0333. The lowest BCUT2D eigenvalue weighted by atomic mass is 9.98. The number of H-pyrrole nitrogens is 1. The molecule has 7 rings (SSSR count). The molecule has 3 N–H and O–H groups in total. The number of nitrogens with one attached hydrogen (secondary N) is 1. The largest absolute Gasteiger partial charge is 0.507 e. The van der Waals surface area contributed by atoms with Crippen molar-refractivity contribution in [3.05, 3.63) is 84.9 Å². The van der Waals surface area contributed by atoms with Gasteiger partial charge in [-0.15, -0.1) is 0 Å². The fourth-order valence-corrected chi connectivity index (χ4v) is 6.01. The number of imidazole rings is 1. The van der Waals surface area contributed by atoms with Crippen LogP contribution in [0.4, 0.5) is 0 Å². The van der Waals surface area contributed by atoms with Crippen molar-refractivity contribution in [1.29, 1.82) is 0 Å². The van der Waals surface area contributed by atoms with Gasteiger partial charge in [0.15, 0.2) is 0 Å². The number of aromatic hydroxyl groups is 1. The average Bonchev–Trinajstić information content (AvgIpc) is 3.53. The number of benzene rings is 5. The minimum atomic E-state index is -4.56. The molecular weight excluding hydrogens is 516 g/mol. The summed E-state index contributed by atoms with van der Waals surface area (Å²) in [6.45, 7) is 0. The summed E-state index contributed by atoms with van der Waals surface area (Å²) in [6.07, 6.45) is 0. The SMILES string of the molecule is COc1cc(-c2cccc3oc4ccccc4c23)ccc1-c1nc2c(cc(S(=O)(=O)O)c3cccc(O)c32)[nH]1. The van der Waals surface area contributed by atoms with E-state index in [1.165, 1.54) is 24.3 Å². The molecule has 0 radical (unpaired) electrons. The average molecular weight is 537 g/mol. The number of phenolic OH excluding ortho intramolecular Hbond substituents is 1. The van der Waals surface area contributed by atoms with Crippen LogP contribution in [0.5, 0.6) is 11.5 Å². The van der Waals surface area contributed by atoms with Crippen molar-refractivity contribution in [3.8, 4) is 34.0 Å². The Bertz CT molecular complexity index is 2210. The molecule has 192 valence electrons. The van der Waals surface area contributed by atoms with Gasteiger partial charge < -0.3 is 19.2 Å². The van der Waals surface area contributed by atoms with Crippen molar-refractivity contribution in [3.63, 3.8) is 0 Å². The molecule has 0 saturated heterocycles. The predicted molar refractivity (Wildman–Crippen MR) is 150 cm³/mol. The van der Waals surface area contributed by atoms with E-state index < -0.39 is 10.1 Å². The van der Waals surface area contributed by atoms with Crippen molar-refractivity contribution in [2.24, 2.45) is 0 Å². The third kappa shape index (κ3) is 3.55. The third-order valence-electron chi connectivity index (χ3n) is 7.00. The molecule has 0 atom stereocenters. The van der Waals surface area contributed by atoms with Crippen LogP contribution in [0.1, 0.15) is 0 Å². The zero-order valence-corrected chi connectivity index (χ0v) is 21.3. The van der Waals surface area contributed by atoms with E-state index in [1.54, 1.807) is 7.11 Å². The number of hydrogen-bond acceptors (Lipinski definition) is 6. The van der Waals surface area contributed by atoms with Crippen LogP contribution in [0.15, 0.2) is 94.2 Å². The van der Waals surface area contributed by atoms with Gasteiger partial charge in [0.2, 0.25) is 0 Å². The highest BCUT2D eigenvalue weighted by Gasteiger charge is 2.22. The highest BCUT2D eigenvalue weighted by Crippen LogP contribution is 2.41. The van der Waals surface area contributed by atoms with Crippen molar-refractivity contribution < 1.29 is 27.2 Å². The summed E-state index contributed by atoms with van der Waals surface area (Å²) in [5, 5.41) is 13.0. The molecule has 9 heteroatoms. The van der Waals surface area contributed by atoms with Crippen LogP contribution in [0.2, 0.25) is 0 Å². The van der Waals surface area contributed by atoms with Crippen molar-refractivity contribution in [2.75, 3.05) is 7.11 Å². The number of phenols is 1. The molecule has 0 bridgehead atoms. The summed E-state index contributed by atoms with van der Waals surface area (Å²) in [5.74, 6) is 0.807. The first-order chi connectivity index (χ1) is 18.8. The van der Waals surface area contributed by atoms with Crippen molar-refractivity contribution >= 4 is 53.9 Å². The van der Waals surface area contributed by atoms with Gasteiger partial charge in [-0.05, 0) is 47.5 Å². The molecule has 5 aromatic carbocycles. The van der Waals surface area contributed by atoms with Gasteiger partial charge in [-0.2, -0.15) is 8.42 Å². The molecule has 2 aromatic heterocycles. The maximum atomic E-state index is 12.1. The summed E-state index contributed by atoms with van der Waals surface area (Å²) < 4.78 is 45.9. The summed E-state index contributed by atoms with van der Waals surface area (Å²) >= 11 is 0. The number of nitrogens with zero attached hydrogens (tertiary/aromatic N) is 1. The molecule has 0 aliphatic carbocycles. The van der Waals surface area contributed by atoms with Crippen LogP contribution in [-0.4, -0.2) is 35.2 Å². The van der Waals surface area contributed by atoms with Gasteiger partial charge in [-0.1, -0.05) is 48.5 Å². The van der Waals surface area contributed by atoms with E-state index in [9.17, 15) is 18.1 Å². The first-order valence-electron chi connectivity index (χ1n) is 12.0. The predicted octanol–water partition coefficient (Wildman–Crippen LogP) is 6.91. The summed E-state index contributed by atoms with van der Waals surface area (Å²) in [4.78, 5) is 7.52.